The highest BCUT2D eigenvalue weighted by Crippen LogP contribution is 2.20. The molecule has 0 aliphatic carbocycles. The lowest BCUT2D eigenvalue weighted by atomic mass is 9.93. The van der Waals surface area contributed by atoms with E-state index in [1.807, 2.05) is 7.05 Å². The molecule has 0 unspecified atom stereocenters. The summed E-state index contributed by atoms with van der Waals surface area (Å²) in [6.07, 6.45) is 1.64. The molecule has 0 saturated heterocycles. The Kier molecular flexibility index (Phi) is 4.75. The third-order valence-electron chi connectivity index (χ3n) is 3.33. The van der Waals surface area contributed by atoms with E-state index in [9.17, 15) is 4.39 Å². The Hall–Kier alpha value is -1.72. The van der Waals surface area contributed by atoms with Crippen molar-refractivity contribution in [3.8, 4) is 11.5 Å². The first-order valence-corrected chi connectivity index (χ1v) is 6.98. The fraction of sp³-hybridized carbons (Fsp3) is 0.438. The minimum absolute atomic E-state index is 0.0677. The van der Waals surface area contributed by atoms with Crippen molar-refractivity contribution in [1.82, 2.24) is 9.88 Å². The Morgan fingerprint density at radius 3 is 2.57 bits per heavy atom. The van der Waals surface area contributed by atoms with Gasteiger partial charge in [0.25, 0.3) is 0 Å². The molecule has 1 aromatic heterocycles. The van der Waals surface area contributed by atoms with Gasteiger partial charge in [-0.1, -0.05) is 13.8 Å². The number of nitrogens with two attached hydrogens (primary N) is 1. The van der Waals surface area contributed by atoms with Crippen LogP contribution in [0.2, 0.25) is 0 Å². The largest absolute Gasteiger partial charge is 0.444 e. The van der Waals surface area contributed by atoms with Gasteiger partial charge in [0.2, 0.25) is 5.89 Å². The standard InChI is InChI=1S/C16H22FN3O/c1-16(2,10-18)11-20(3)8-14-9-21-15(19-14)12-4-6-13(17)7-5-12/h4-7,9H,8,10-11,18H2,1-3H3. The van der Waals surface area contributed by atoms with Gasteiger partial charge in [0, 0.05) is 18.7 Å². The van der Waals surface area contributed by atoms with Crippen LogP contribution >= 0.6 is 0 Å². The molecule has 0 spiro atoms. The summed E-state index contributed by atoms with van der Waals surface area (Å²) in [6.45, 7) is 6.47. The van der Waals surface area contributed by atoms with E-state index in [2.05, 4.69) is 23.7 Å². The molecule has 4 nitrogen and oxygen atoms in total. The van der Waals surface area contributed by atoms with E-state index in [0.29, 0.717) is 19.0 Å². The van der Waals surface area contributed by atoms with Crippen LogP contribution < -0.4 is 5.73 Å². The van der Waals surface area contributed by atoms with Gasteiger partial charge in [-0.2, -0.15) is 0 Å². The summed E-state index contributed by atoms with van der Waals surface area (Å²) in [5, 5.41) is 0. The van der Waals surface area contributed by atoms with Crippen molar-refractivity contribution < 1.29 is 8.81 Å². The fourth-order valence-electron chi connectivity index (χ4n) is 2.23. The fourth-order valence-corrected chi connectivity index (χ4v) is 2.23. The smallest absolute Gasteiger partial charge is 0.226 e. The first-order chi connectivity index (χ1) is 9.89. The van der Waals surface area contributed by atoms with Gasteiger partial charge in [0.15, 0.2) is 0 Å². The average Bonchev–Trinajstić information content (AvgIpc) is 2.87. The zero-order valence-corrected chi connectivity index (χ0v) is 12.8. The quantitative estimate of drug-likeness (QED) is 0.889. The summed E-state index contributed by atoms with van der Waals surface area (Å²) in [4.78, 5) is 6.61. The molecular formula is C16H22FN3O. The van der Waals surface area contributed by atoms with Crippen LogP contribution in [0.1, 0.15) is 19.5 Å². The predicted octanol–water partition coefficient (Wildman–Crippen LogP) is 2.90. The van der Waals surface area contributed by atoms with Crippen LogP contribution in [0.25, 0.3) is 11.5 Å². The molecule has 2 aromatic rings. The first-order valence-electron chi connectivity index (χ1n) is 6.98. The van der Waals surface area contributed by atoms with E-state index in [1.54, 1.807) is 18.4 Å². The number of nitrogens with zero attached hydrogens (tertiary/aromatic N) is 2. The second-order valence-corrected chi connectivity index (χ2v) is 6.19. The molecule has 0 radical (unpaired) electrons. The SMILES string of the molecule is CN(Cc1coc(-c2ccc(F)cc2)n1)CC(C)(C)CN. The maximum atomic E-state index is 12.9. The molecule has 2 N–H and O–H groups in total. The number of oxazole rings is 1. The van der Waals surface area contributed by atoms with Crippen molar-refractivity contribution in [1.29, 1.82) is 0 Å². The van der Waals surface area contributed by atoms with E-state index in [1.165, 1.54) is 12.1 Å². The number of benzene rings is 1. The molecule has 0 atom stereocenters. The molecule has 1 heterocycles. The van der Waals surface area contributed by atoms with Gasteiger partial charge in [-0.15, -0.1) is 0 Å². The Balaban J connectivity index is 2.01. The molecule has 0 saturated carbocycles. The van der Waals surface area contributed by atoms with Crippen LogP contribution in [0.4, 0.5) is 4.39 Å². The van der Waals surface area contributed by atoms with E-state index >= 15 is 0 Å². The van der Waals surface area contributed by atoms with Gasteiger partial charge in [0.05, 0.1) is 5.69 Å². The van der Waals surface area contributed by atoms with Crippen LogP contribution in [-0.4, -0.2) is 30.0 Å². The zero-order valence-electron chi connectivity index (χ0n) is 12.8. The number of hydrogen-bond acceptors (Lipinski definition) is 4. The van der Waals surface area contributed by atoms with Crippen molar-refractivity contribution in [2.45, 2.75) is 20.4 Å². The Bertz CT molecular complexity index is 577. The number of halogens is 1. The number of hydrogen-bond donors (Lipinski definition) is 1. The van der Waals surface area contributed by atoms with Gasteiger partial charge in [0.1, 0.15) is 12.1 Å². The van der Waals surface area contributed by atoms with E-state index in [-0.39, 0.29) is 11.2 Å². The average molecular weight is 291 g/mol. The summed E-state index contributed by atoms with van der Waals surface area (Å²) in [7, 11) is 2.03. The maximum Gasteiger partial charge on any atom is 0.226 e. The molecule has 0 fully saturated rings. The van der Waals surface area contributed by atoms with Crippen molar-refractivity contribution in [2.24, 2.45) is 11.1 Å². The summed E-state index contributed by atoms with van der Waals surface area (Å²) >= 11 is 0. The lowest BCUT2D eigenvalue weighted by Crippen LogP contribution is -2.36. The third-order valence-corrected chi connectivity index (χ3v) is 3.33. The molecule has 0 amide bonds. The molecule has 0 aliphatic rings. The van der Waals surface area contributed by atoms with Crippen molar-refractivity contribution in [2.75, 3.05) is 20.1 Å². The van der Waals surface area contributed by atoms with Crippen molar-refractivity contribution in [3.05, 3.63) is 42.0 Å². The summed E-state index contributed by atoms with van der Waals surface area (Å²) in [5.74, 6) is 0.241. The number of rotatable bonds is 6. The van der Waals surface area contributed by atoms with E-state index < -0.39 is 0 Å². The Morgan fingerprint density at radius 1 is 1.29 bits per heavy atom. The van der Waals surface area contributed by atoms with Crippen LogP contribution in [0.3, 0.4) is 0 Å². The van der Waals surface area contributed by atoms with Gasteiger partial charge >= 0.3 is 0 Å². The maximum absolute atomic E-state index is 12.9. The Morgan fingerprint density at radius 2 is 1.95 bits per heavy atom. The van der Waals surface area contributed by atoms with Gasteiger partial charge in [-0.3, -0.25) is 4.90 Å². The second kappa shape index (κ2) is 6.37. The molecule has 2 rings (SSSR count). The summed E-state index contributed by atoms with van der Waals surface area (Å²) < 4.78 is 18.4. The molecule has 114 valence electrons. The van der Waals surface area contributed by atoms with Crippen LogP contribution in [0, 0.1) is 11.2 Å². The van der Waals surface area contributed by atoms with Gasteiger partial charge < -0.3 is 10.2 Å². The lowest BCUT2D eigenvalue weighted by Gasteiger charge is -2.28. The second-order valence-electron chi connectivity index (χ2n) is 6.19. The highest BCUT2D eigenvalue weighted by Gasteiger charge is 2.19. The summed E-state index contributed by atoms with van der Waals surface area (Å²) in [5.41, 5.74) is 7.44. The Labute approximate surface area is 124 Å². The zero-order chi connectivity index (χ0) is 15.5. The lowest BCUT2D eigenvalue weighted by molar-refractivity contribution is 0.208. The summed E-state index contributed by atoms with van der Waals surface area (Å²) in [6, 6.07) is 6.11. The molecule has 0 bridgehead atoms. The number of aromatic nitrogens is 1. The molecule has 21 heavy (non-hydrogen) atoms. The third kappa shape index (κ3) is 4.37. The monoisotopic (exact) mass is 291 g/mol. The normalized spacial score (nSPS) is 12.1. The topological polar surface area (TPSA) is 55.3 Å². The van der Waals surface area contributed by atoms with E-state index in [0.717, 1.165) is 17.8 Å². The highest BCUT2D eigenvalue weighted by atomic mass is 19.1. The predicted molar refractivity (Wildman–Crippen MR) is 81.1 cm³/mol. The van der Waals surface area contributed by atoms with Crippen molar-refractivity contribution in [3.63, 3.8) is 0 Å². The van der Waals surface area contributed by atoms with Crippen LogP contribution in [-0.2, 0) is 6.54 Å². The van der Waals surface area contributed by atoms with Gasteiger partial charge in [-0.05, 0) is 43.3 Å². The van der Waals surface area contributed by atoms with Gasteiger partial charge in [-0.25, -0.2) is 9.37 Å². The van der Waals surface area contributed by atoms with Crippen molar-refractivity contribution >= 4 is 0 Å². The molecule has 5 heteroatoms. The van der Waals surface area contributed by atoms with Crippen LogP contribution in [0.5, 0.6) is 0 Å². The highest BCUT2D eigenvalue weighted by molar-refractivity contribution is 5.52. The van der Waals surface area contributed by atoms with Crippen LogP contribution in [0.15, 0.2) is 34.9 Å². The molecule has 1 aromatic carbocycles. The van der Waals surface area contributed by atoms with E-state index in [4.69, 9.17) is 10.2 Å². The molecular weight excluding hydrogens is 269 g/mol. The minimum Gasteiger partial charge on any atom is -0.444 e. The first kappa shape index (κ1) is 15.7. The minimum atomic E-state index is -0.269. The molecule has 0 aliphatic heterocycles.